The minimum Gasteiger partial charge on any atom is -0.492 e. The molecule has 1 saturated heterocycles. The molecule has 0 saturated carbocycles. The summed E-state index contributed by atoms with van der Waals surface area (Å²) >= 11 is 0. The first-order chi connectivity index (χ1) is 10.7. The predicted octanol–water partition coefficient (Wildman–Crippen LogP) is 3.68. The molecule has 1 aliphatic heterocycles. The summed E-state index contributed by atoms with van der Waals surface area (Å²) in [5, 5.41) is 0.946. The van der Waals surface area contributed by atoms with Crippen molar-refractivity contribution < 1.29 is 9.53 Å². The highest BCUT2D eigenvalue weighted by Crippen LogP contribution is 2.30. The van der Waals surface area contributed by atoms with E-state index >= 15 is 0 Å². The smallest absolute Gasteiger partial charge is 0.153 e. The van der Waals surface area contributed by atoms with Crippen LogP contribution in [0.1, 0.15) is 37.0 Å². The molecule has 4 nitrogen and oxygen atoms in total. The van der Waals surface area contributed by atoms with Gasteiger partial charge in [0.15, 0.2) is 6.29 Å². The monoisotopic (exact) mass is 298 g/mol. The van der Waals surface area contributed by atoms with Gasteiger partial charge in [-0.05, 0) is 37.8 Å². The van der Waals surface area contributed by atoms with E-state index in [1.165, 1.54) is 0 Å². The Balaban J connectivity index is 2.07. The van der Waals surface area contributed by atoms with Crippen LogP contribution in [-0.2, 0) is 0 Å². The quantitative estimate of drug-likeness (QED) is 0.808. The fraction of sp³-hybridized carbons (Fsp3) is 0.444. The third kappa shape index (κ3) is 2.78. The van der Waals surface area contributed by atoms with E-state index in [1.54, 1.807) is 0 Å². The summed E-state index contributed by atoms with van der Waals surface area (Å²) in [6.07, 6.45) is 3.20. The predicted molar refractivity (Wildman–Crippen MR) is 88.9 cm³/mol. The van der Waals surface area contributed by atoms with Gasteiger partial charge in [-0.3, -0.25) is 4.79 Å². The van der Waals surface area contributed by atoms with Crippen LogP contribution < -0.4 is 9.64 Å². The summed E-state index contributed by atoms with van der Waals surface area (Å²) in [4.78, 5) is 18.5. The lowest BCUT2D eigenvalue weighted by molar-refractivity contribution is 0.112. The zero-order valence-corrected chi connectivity index (χ0v) is 13.2. The molecule has 3 rings (SSSR count). The van der Waals surface area contributed by atoms with Crippen LogP contribution in [0.15, 0.2) is 24.3 Å². The Bertz CT molecular complexity index is 676. The fourth-order valence-electron chi connectivity index (χ4n) is 3.01. The second-order valence-corrected chi connectivity index (χ2v) is 5.95. The molecule has 0 aliphatic carbocycles. The number of piperidine rings is 1. The van der Waals surface area contributed by atoms with E-state index in [4.69, 9.17) is 9.72 Å². The fourth-order valence-corrected chi connectivity index (χ4v) is 3.01. The van der Waals surface area contributed by atoms with Crippen LogP contribution in [0.2, 0.25) is 0 Å². The summed E-state index contributed by atoms with van der Waals surface area (Å²) in [7, 11) is 0. The Labute approximate surface area is 131 Å². The van der Waals surface area contributed by atoms with Crippen molar-refractivity contribution in [1.82, 2.24) is 4.98 Å². The number of ether oxygens (including phenoxy) is 1. The topological polar surface area (TPSA) is 42.4 Å². The van der Waals surface area contributed by atoms with Crippen molar-refractivity contribution >= 4 is 23.0 Å². The third-order valence-electron chi connectivity index (χ3n) is 4.33. The Morgan fingerprint density at radius 3 is 2.82 bits per heavy atom. The number of anilines is 1. The molecule has 22 heavy (non-hydrogen) atoms. The molecular formula is C18H22N2O2. The number of hydrogen-bond acceptors (Lipinski definition) is 4. The largest absolute Gasteiger partial charge is 0.492 e. The first-order valence-electron chi connectivity index (χ1n) is 7.99. The third-order valence-corrected chi connectivity index (χ3v) is 4.33. The van der Waals surface area contributed by atoms with Gasteiger partial charge >= 0.3 is 0 Å². The summed E-state index contributed by atoms with van der Waals surface area (Å²) in [6, 6.07) is 7.76. The van der Waals surface area contributed by atoms with Gasteiger partial charge in [-0.2, -0.15) is 0 Å². The zero-order valence-electron chi connectivity index (χ0n) is 13.2. The number of aromatic nitrogens is 1. The first kappa shape index (κ1) is 14.8. The van der Waals surface area contributed by atoms with E-state index in [2.05, 4.69) is 11.8 Å². The van der Waals surface area contributed by atoms with Crippen molar-refractivity contribution in [1.29, 1.82) is 0 Å². The maximum absolute atomic E-state index is 11.5. The van der Waals surface area contributed by atoms with Crippen LogP contribution in [0, 0.1) is 5.92 Å². The molecule has 116 valence electrons. The summed E-state index contributed by atoms with van der Waals surface area (Å²) < 4.78 is 5.68. The van der Waals surface area contributed by atoms with Gasteiger partial charge in [0.05, 0.1) is 12.2 Å². The second kappa shape index (κ2) is 6.34. The first-order valence-corrected chi connectivity index (χ1v) is 7.99. The number of aldehydes is 1. The van der Waals surface area contributed by atoms with E-state index in [0.29, 0.717) is 12.2 Å². The molecular weight excluding hydrogens is 276 g/mol. The Morgan fingerprint density at radius 1 is 1.36 bits per heavy atom. The molecule has 4 heteroatoms. The molecule has 1 aromatic heterocycles. The van der Waals surface area contributed by atoms with Crippen molar-refractivity contribution in [3.63, 3.8) is 0 Å². The molecule has 0 spiro atoms. The van der Waals surface area contributed by atoms with Gasteiger partial charge in [0, 0.05) is 18.5 Å². The standard InChI is InChI=1S/C18H22N2O2/c1-3-22-16-6-4-5-14-11-15(12-21)18(19-17(14)16)20-9-7-13(2)8-10-20/h4-6,11-13H,3,7-10H2,1-2H3. The van der Waals surface area contributed by atoms with Crippen LogP contribution in [-0.4, -0.2) is 31.0 Å². The van der Waals surface area contributed by atoms with Crippen molar-refractivity contribution in [2.45, 2.75) is 26.7 Å². The number of nitrogens with zero attached hydrogens (tertiary/aromatic N) is 2. The number of rotatable bonds is 4. The highest BCUT2D eigenvalue weighted by molar-refractivity contribution is 5.94. The van der Waals surface area contributed by atoms with Gasteiger partial charge in [-0.1, -0.05) is 19.1 Å². The lowest BCUT2D eigenvalue weighted by atomic mass is 9.99. The minimum absolute atomic E-state index is 0.604. The van der Waals surface area contributed by atoms with E-state index in [9.17, 15) is 4.79 Å². The maximum atomic E-state index is 11.5. The van der Waals surface area contributed by atoms with Gasteiger partial charge < -0.3 is 9.64 Å². The van der Waals surface area contributed by atoms with Gasteiger partial charge in [0.1, 0.15) is 17.1 Å². The van der Waals surface area contributed by atoms with Crippen molar-refractivity contribution in [3.8, 4) is 5.75 Å². The van der Waals surface area contributed by atoms with Crippen molar-refractivity contribution in [2.24, 2.45) is 5.92 Å². The maximum Gasteiger partial charge on any atom is 0.153 e. The average Bonchev–Trinajstić information content (AvgIpc) is 2.55. The molecule has 0 amide bonds. The van der Waals surface area contributed by atoms with Crippen LogP contribution in [0.3, 0.4) is 0 Å². The van der Waals surface area contributed by atoms with Gasteiger partial charge in [-0.15, -0.1) is 0 Å². The van der Waals surface area contributed by atoms with E-state index < -0.39 is 0 Å². The summed E-state index contributed by atoms with van der Waals surface area (Å²) in [5.41, 5.74) is 1.50. The number of hydrogen-bond donors (Lipinski definition) is 0. The lowest BCUT2D eigenvalue weighted by Gasteiger charge is -2.32. The number of fused-ring (bicyclic) bond motifs is 1. The normalized spacial score (nSPS) is 16.0. The average molecular weight is 298 g/mol. The number of pyridine rings is 1. The van der Waals surface area contributed by atoms with Gasteiger partial charge in [0.2, 0.25) is 0 Å². The van der Waals surface area contributed by atoms with Crippen LogP contribution in [0.5, 0.6) is 5.75 Å². The molecule has 2 aromatic rings. The van der Waals surface area contributed by atoms with Crippen LogP contribution in [0.4, 0.5) is 5.82 Å². The molecule has 0 radical (unpaired) electrons. The van der Waals surface area contributed by atoms with Gasteiger partial charge in [0.25, 0.3) is 0 Å². The second-order valence-electron chi connectivity index (χ2n) is 5.95. The molecule has 0 unspecified atom stereocenters. The number of carbonyl (C=O) groups is 1. The number of benzene rings is 1. The highest BCUT2D eigenvalue weighted by Gasteiger charge is 2.20. The van der Waals surface area contributed by atoms with Crippen LogP contribution in [0.25, 0.3) is 10.9 Å². The van der Waals surface area contributed by atoms with E-state index in [1.807, 2.05) is 31.2 Å². The molecule has 1 fully saturated rings. The molecule has 2 heterocycles. The van der Waals surface area contributed by atoms with E-state index in [0.717, 1.165) is 60.6 Å². The molecule has 0 bridgehead atoms. The summed E-state index contributed by atoms with van der Waals surface area (Å²) in [6.45, 7) is 6.76. The number of carbonyl (C=O) groups excluding carboxylic acids is 1. The highest BCUT2D eigenvalue weighted by atomic mass is 16.5. The Hall–Kier alpha value is -2.10. The Kier molecular flexibility index (Phi) is 4.27. The molecule has 1 aliphatic rings. The van der Waals surface area contributed by atoms with Crippen molar-refractivity contribution in [3.05, 3.63) is 29.8 Å². The summed E-state index contributed by atoms with van der Waals surface area (Å²) in [5.74, 6) is 2.32. The zero-order chi connectivity index (χ0) is 15.5. The SMILES string of the molecule is CCOc1cccc2cc(C=O)c(N3CCC(C)CC3)nc12. The van der Waals surface area contributed by atoms with E-state index in [-0.39, 0.29) is 0 Å². The van der Waals surface area contributed by atoms with Gasteiger partial charge in [-0.25, -0.2) is 4.98 Å². The van der Waals surface area contributed by atoms with Crippen LogP contribution >= 0.6 is 0 Å². The Morgan fingerprint density at radius 2 is 2.14 bits per heavy atom. The minimum atomic E-state index is 0.604. The molecule has 0 N–H and O–H groups in total. The lowest BCUT2D eigenvalue weighted by Crippen LogP contribution is -2.34. The molecule has 0 atom stereocenters. The number of para-hydroxylation sites is 1. The molecule has 1 aromatic carbocycles. The van der Waals surface area contributed by atoms with Crippen molar-refractivity contribution in [2.75, 3.05) is 24.6 Å².